The standard InChI is InChI=1S/C24H19N7O2S/c32-23-17-5-1-2-6-21(17)33-13-18(23)22(27-15-7-8-19-20(12-15)26-14-25-19)24-28-29-30-31(24)10-9-16-4-3-11-34-16/h1-8,11-14,22,27H,9-10H2,(H,25,26). The second-order valence-electron chi connectivity index (χ2n) is 7.82. The van der Waals surface area contributed by atoms with E-state index < -0.39 is 6.04 Å². The number of nitrogens with one attached hydrogen (secondary N) is 2. The van der Waals surface area contributed by atoms with Crippen LogP contribution in [0.4, 0.5) is 5.69 Å². The van der Waals surface area contributed by atoms with Crippen LogP contribution in [0.3, 0.4) is 0 Å². The van der Waals surface area contributed by atoms with Gasteiger partial charge in [0.05, 0.1) is 28.3 Å². The molecule has 10 heteroatoms. The maximum Gasteiger partial charge on any atom is 0.198 e. The van der Waals surface area contributed by atoms with Crippen molar-refractivity contribution in [1.82, 2.24) is 30.2 Å². The SMILES string of the molecule is O=c1c(C(Nc2ccc3[nH]cnc3c2)c2nnnn2CCc2cccs2)coc2ccccc12. The lowest BCUT2D eigenvalue weighted by atomic mass is 10.0. The molecule has 2 N–H and O–H groups in total. The molecule has 4 aromatic heterocycles. The zero-order valence-corrected chi connectivity index (χ0v) is 18.7. The van der Waals surface area contributed by atoms with Gasteiger partial charge in [-0.25, -0.2) is 9.67 Å². The first-order valence-corrected chi connectivity index (χ1v) is 11.6. The number of aryl methyl sites for hydroxylation is 2. The molecule has 0 aliphatic carbocycles. The summed E-state index contributed by atoms with van der Waals surface area (Å²) >= 11 is 1.69. The first-order valence-electron chi connectivity index (χ1n) is 10.7. The Labute approximate surface area is 197 Å². The number of para-hydroxylation sites is 1. The Balaban J connectivity index is 1.43. The van der Waals surface area contributed by atoms with Gasteiger partial charge in [-0.05, 0) is 52.2 Å². The third kappa shape index (κ3) is 3.73. The van der Waals surface area contributed by atoms with E-state index in [2.05, 4.69) is 36.9 Å². The van der Waals surface area contributed by atoms with E-state index in [0.29, 0.717) is 28.9 Å². The van der Waals surface area contributed by atoms with Crippen molar-refractivity contribution in [2.24, 2.45) is 0 Å². The second kappa shape index (κ2) is 8.56. The van der Waals surface area contributed by atoms with Crippen LogP contribution in [0, 0.1) is 0 Å². The summed E-state index contributed by atoms with van der Waals surface area (Å²) in [6, 6.07) is 16.5. The molecule has 0 aliphatic rings. The lowest BCUT2D eigenvalue weighted by molar-refractivity contribution is 0.549. The van der Waals surface area contributed by atoms with Crippen LogP contribution in [0.15, 0.2) is 81.8 Å². The Morgan fingerprint density at radius 2 is 2.09 bits per heavy atom. The van der Waals surface area contributed by atoms with Crippen LogP contribution < -0.4 is 10.7 Å². The van der Waals surface area contributed by atoms with Crippen LogP contribution in [0.25, 0.3) is 22.0 Å². The van der Waals surface area contributed by atoms with E-state index in [9.17, 15) is 4.79 Å². The van der Waals surface area contributed by atoms with Gasteiger partial charge in [0.2, 0.25) is 0 Å². The van der Waals surface area contributed by atoms with Gasteiger partial charge in [-0.2, -0.15) is 0 Å². The van der Waals surface area contributed by atoms with Crippen molar-refractivity contribution in [1.29, 1.82) is 0 Å². The number of imidazole rings is 1. The summed E-state index contributed by atoms with van der Waals surface area (Å²) in [5, 5.41) is 18.4. The Morgan fingerprint density at radius 3 is 3.00 bits per heavy atom. The molecule has 6 rings (SSSR count). The molecule has 9 nitrogen and oxygen atoms in total. The van der Waals surface area contributed by atoms with Gasteiger partial charge in [-0.3, -0.25) is 4.79 Å². The molecule has 168 valence electrons. The van der Waals surface area contributed by atoms with E-state index in [-0.39, 0.29) is 5.43 Å². The highest BCUT2D eigenvalue weighted by molar-refractivity contribution is 7.09. The number of tetrazole rings is 1. The second-order valence-corrected chi connectivity index (χ2v) is 8.85. The lowest BCUT2D eigenvalue weighted by Gasteiger charge is -2.19. The maximum absolute atomic E-state index is 13.5. The number of aromatic amines is 1. The molecule has 0 bridgehead atoms. The number of H-pyrrole nitrogens is 1. The van der Waals surface area contributed by atoms with Crippen molar-refractivity contribution >= 4 is 39.0 Å². The molecular weight excluding hydrogens is 450 g/mol. The summed E-state index contributed by atoms with van der Waals surface area (Å²) in [6.45, 7) is 0.582. The topological polar surface area (TPSA) is 115 Å². The number of thiophene rings is 1. The van der Waals surface area contributed by atoms with E-state index in [0.717, 1.165) is 23.1 Å². The third-order valence-electron chi connectivity index (χ3n) is 5.72. The number of hydrogen-bond acceptors (Lipinski definition) is 8. The fourth-order valence-corrected chi connectivity index (χ4v) is 4.71. The summed E-state index contributed by atoms with van der Waals surface area (Å²) in [5.74, 6) is 0.529. The monoisotopic (exact) mass is 469 g/mol. The molecule has 4 heterocycles. The Morgan fingerprint density at radius 1 is 1.15 bits per heavy atom. The number of benzene rings is 2. The summed E-state index contributed by atoms with van der Waals surface area (Å²) < 4.78 is 7.56. The van der Waals surface area contributed by atoms with Crippen LogP contribution in [-0.4, -0.2) is 30.2 Å². The van der Waals surface area contributed by atoms with Gasteiger partial charge in [-0.1, -0.05) is 18.2 Å². The van der Waals surface area contributed by atoms with Crippen molar-refractivity contribution in [3.63, 3.8) is 0 Å². The first-order chi connectivity index (χ1) is 16.8. The molecule has 0 radical (unpaired) electrons. The maximum atomic E-state index is 13.5. The van der Waals surface area contributed by atoms with Crippen LogP contribution >= 0.6 is 11.3 Å². The number of anilines is 1. The predicted molar refractivity (Wildman–Crippen MR) is 130 cm³/mol. The van der Waals surface area contributed by atoms with E-state index in [4.69, 9.17) is 4.42 Å². The van der Waals surface area contributed by atoms with Gasteiger partial charge in [0.1, 0.15) is 17.9 Å². The quantitative estimate of drug-likeness (QED) is 0.361. The molecule has 1 unspecified atom stereocenters. The van der Waals surface area contributed by atoms with Crippen molar-refractivity contribution < 1.29 is 4.42 Å². The molecule has 34 heavy (non-hydrogen) atoms. The van der Waals surface area contributed by atoms with Gasteiger partial charge in [0.15, 0.2) is 11.3 Å². The zero-order chi connectivity index (χ0) is 22.9. The van der Waals surface area contributed by atoms with Crippen LogP contribution in [-0.2, 0) is 13.0 Å². The molecule has 0 saturated heterocycles. The van der Waals surface area contributed by atoms with Crippen molar-refractivity contribution in [2.75, 3.05) is 5.32 Å². The minimum Gasteiger partial charge on any atom is -0.464 e. The average molecular weight is 470 g/mol. The first kappa shape index (κ1) is 20.3. The van der Waals surface area contributed by atoms with Gasteiger partial charge < -0.3 is 14.7 Å². The minimum absolute atomic E-state index is 0.131. The van der Waals surface area contributed by atoms with Gasteiger partial charge in [0.25, 0.3) is 0 Å². The van der Waals surface area contributed by atoms with Crippen LogP contribution in [0.2, 0.25) is 0 Å². The highest BCUT2D eigenvalue weighted by Gasteiger charge is 2.26. The molecular formula is C24H19N7O2S. The normalized spacial score (nSPS) is 12.4. The van der Waals surface area contributed by atoms with Crippen molar-refractivity contribution in [3.8, 4) is 0 Å². The number of aromatic nitrogens is 6. The number of fused-ring (bicyclic) bond motifs is 2. The van der Waals surface area contributed by atoms with E-state index in [1.165, 1.54) is 11.1 Å². The summed E-state index contributed by atoms with van der Waals surface area (Å²) in [5.41, 5.74) is 3.34. The molecule has 0 spiro atoms. The third-order valence-corrected chi connectivity index (χ3v) is 6.65. The molecule has 0 aliphatic heterocycles. The van der Waals surface area contributed by atoms with E-state index in [1.807, 2.05) is 41.8 Å². The predicted octanol–water partition coefficient (Wildman–Crippen LogP) is 4.16. The van der Waals surface area contributed by atoms with Gasteiger partial charge in [0, 0.05) is 23.5 Å². The molecule has 0 saturated carbocycles. The smallest absolute Gasteiger partial charge is 0.198 e. The van der Waals surface area contributed by atoms with Crippen LogP contribution in [0.1, 0.15) is 22.3 Å². The fourth-order valence-electron chi connectivity index (χ4n) is 4.01. The Hall–Kier alpha value is -4.31. The molecule has 0 amide bonds. The van der Waals surface area contributed by atoms with Crippen molar-refractivity contribution in [2.45, 2.75) is 19.0 Å². The molecule has 2 aromatic carbocycles. The lowest BCUT2D eigenvalue weighted by Crippen LogP contribution is -2.24. The molecule has 0 fully saturated rings. The van der Waals surface area contributed by atoms with Crippen molar-refractivity contribution in [3.05, 3.63) is 99.1 Å². The van der Waals surface area contributed by atoms with Crippen LogP contribution in [0.5, 0.6) is 0 Å². The summed E-state index contributed by atoms with van der Waals surface area (Å²) in [6.07, 6.45) is 3.93. The van der Waals surface area contributed by atoms with E-state index >= 15 is 0 Å². The number of nitrogens with zero attached hydrogens (tertiary/aromatic N) is 5. The summed E-state index contributed by atoms with van der Waals surface area (Å²) in [7, 11) is 0. The van der Waals surface area contributed by atoms with E-state index in [1.54, 1.807) is 34.5 Å². The largest absolute Gasteiger partial charge is 0.464 e. The average Bonchev–Trinajstić information content (AvgIpc) is 3.64. The molecule has 6 aromatic rings. The molecule has 1 atom stereocenters. The number of hydrogen-bond donors (Lipinski definition) is 2. The highest BCUT2D eigenvalue weighted by Crippen LogP contribution is 2.27. The van der Waals surface area contributed by atoms with Gasteiger partial charge >= 0.3 is 0 Å². The highest BCUT2D eigenvalue weighted by atomic mass is 32.1. The van der Waals surface area contributed by atoms with Gasteiger partial charge in [-0.15, -0.1) is 16.4 Å². The minimum atomic E-state index is -0.629. The Kier molecular flexibility index (Phi) is 5.11. The Bertz CT molecular complexity index is 1630. The zero-order valence-electron chi connectivity index (χ0n) is 17.9. The number of rotatable bonds is 7. The summed E-state index contributed by atoms with van der Waals surface area (Å²) in [4.78, 5) is 22.1. The fraction of sp³-hybridized carbons (Fsp3) is 0.125.